The van der Waals surface area contributed by atoms with Crippen LogP contribution < -0.4 is 11.5 Å². The molecule has 0 unspecified atom stereocenters. The largest absolute Gasteiger partial charge is 0.744 e. The fourth-order valence-electron chi connectivity index (χ4n) is 6.40. The summed E-state index contributed by atoms with van der Waals surface area (Å²) in [5.74, 6) is -1.81. The van der Waals surface area contributed by atoms with E-state index in [1.54, 1.807) is 24.3 Å². The summed E-state index contributed by atoms with van der Waals surface area (Å²) in [6.07, 6.45) is 0. The number of phenols is 2. The molecule has 0 amide bonds. The number of nitro benzene ring substituents is 1. The number of fused-ring (bicyclic) bond motifs is 2. The van der Waals surface area contributed by atoms with Gasteiger partial charge in [-0.05, 0) is 83.2 Å². The number of nitrogens with zero attached hydrogens (tertiary/aromatic N) is 7. The normalized spacial score (nSPS) is 12.8. The molecule has 0 saturated heterocycles. The van der Waals surface area contributed by atoms with Crippen molar-refractivity contribution in [1.82, 2.24) is 0 Å². The van der Waals surface area contributed by atoms with Crippen molar-refractivity contribution in [3.63, 3.8) is 0 Å². The zero-order valence-electron chi connectivity index (χ0n) is 32.8. The molecule has 0 fully saturated rings. The summed E-state index contributed by atoms with van der Waals surface area (Å²) in [6, 6.07) is 19.4. The van der Waals surface area contributed by atoms with E-state index in [-0.39, 0.29) is 38.6 Å². The lowest BCUT2D eigenvalue weighted by Gasteiger charge is -2.16. The third-order valence-corrected chi connectivity index (χ3v) is 12.9. The van der Waals surface area contributed by atoms with Gasteiger partial charge in [0.2, 0.25) is 0 Å². The van der Waals surface area contributed by atoms with Crippen molar-refractivity contribution >= 4 is 113 Å². The molecule has 7 aromatic rings. The van der Waals surface area contributed by atoms with E-state index in [4.69, 9.17) is 11.5 Å². The van der Waals surface area contributed by atoms with E-state index in [2.05, 4.69) is 30.7 Å². The number of hydrogen-bond acceptors (Lipinski definition) is 24. The Kier molecular flexibility index (Phi) is 12.0. The van der Waals surface area contributed by atoms with Crippen LogP contribution in [0.4, 0.5) is 51.2 Å². The zero-order chi connectivity index (χ0) is 49.0. The monoisotopic (exact) mass is 989 g/mol. The van der Waals surface area contributed by atoms with Crippen LogP contribution >= 0.6 is 0 Å². The Bertz CT molecular complexity index is 3810. The van der Waals surface area contributed by atoms with Crippen molar-refractivity contribution < 1.29 is 67.0 Å². The van der Waals surface area contributed by atoms with Gasteiger partial charge >= 0.3 is 0 Å². The van der Waals surface area contributed by atoms with Gasteiger partial charge in [0.25, 0.3) is 5.69 Å². The smallest absolute Gasteiger partial charge is 0.270 e. The standard InChI is InChI=1S/C38H27N9O16S4/c39-27-11-10-25-26(34(27)44-43-29-12-9-23(47(50)51)15-30(29)65(55,56)57)17-32(67(61,62)63)35(37(25)48)45-41-21-5-1-18(2-6-21)19-3-7-22(8-4-19)42-46-36-31(66(58,59)60)14-20-13-24(64(52,53)54)16-28(40)33(20)38(36)49/h1-17,48-49H,39-40H2,(H,52,53,54)(H,55,56,57)(H,58,59,60)(H,61,62,63)/p-4. The summed E-state index contributed by atoms with van der Waals surface area (Å²) in [5.41, 5.74) is 9.12. The number of nitrogens with two attached hydrogens (primary N) is 2. The lowest BCUT2D eigenvalue weighted by molar-refractivity contribution is -0.385. The molecule has 6 N–H and O–H groups in total. The predicted molar refractivity (Wildman–Crippen MR) is 229 cm³/mol. The number of nitro groups is 1. The molecule has 0 radical (unpaired) electrons. The molecule has 0 saturated carbocycles. The number of rotatable bonds is 12. The van der Waals surface area contributed by atoms with E-state index in [0.29, 0.717) is 23.3 Å². The van der Waals surface area contributed by atoms with Crippen molar-refractivity contribution in [2.75, 3.05) is 11.5 Å². The number of benzene rings is 7. The van der Waals surface area contributed by atoms with Crippen LogP contribution in [-0.2, 0) is 40.5 Å². The van der Waals surface area contributed by atoms with E-state index >= 15 is 0 Å². The molecular formula is C38H23N9O16S4-4. The first kappa shape index (κ1) is 47.1. The highest BCUT2D eigenvalue weighted by Crippen LogP contribution is 2.47. The van der Waals surface area contributed by atoms with Gasteiger partial charge in [0.15, 0.2) is 11.5 Å². The highest BCUT2D eigenvalue weighted by molar-refractivity contribution is 7.86. The van der Waals surface area contributed by atoms with Gasteiger partial charge in [-0.1, -0.05) is 24.3 Å². The Labute approximate surface area is 376 Å². The fourth-order valence-corrected chi connectivity index (χ4v) is 8.86. The third-order valence-electron chi connectivity index (χ3n) is 9.50. The van der Waals surface area contributed by atoms with Gasteiger partial charge in [-0.2, -0.15) is 10.2 Å². The zero-order valence-corrected chi connectivity index (χ0v) is 36.1. The van der Waals surface area contributed by atoms with Crippen LogP contribution in [0.2, 0.25) is 0 Å². The first-order valence-electron chi connectivity index (χ1n) is 18.0. The molecule has 0 aliphatic heterocycles. The average molecular weight is 990 g/mol. The maximum atomic E-state index is 12.5. The highest BCUT2D eigenvalue weighted by Gasteiger charge is 2.23. The second-order valence-electron chi connectivity index (χ2n) is 13.8. The van der Waals surface area contributed by atoms with Gasteiger partial charge in [0.05, 0.1) is 41.6 Å². The number of non-ortho nitro benzene ring substituents is 1. The molecule has 0 aliphatic carbocycles. The number of azo groups is 3. The Balaban J connectivity index is 1.17. The topological polar surface area (TPSA) is 439 Å². The minimum Gasteiger partial charge on any atom is -0.744 e. The quantitative estimate of drug-likeness (QED) is 0.0314. The van der Waals surface area contributed by atoms with Crippen LogP contribution in [0.1, 0.15) is 0 Å². The fraction of sp³-hybridized carbons (Fsp3) is 0. The summed E-state index contributed by atoms with van der Waals surface area (Å²) in [6.45, 7) is 0. The van der Waals surface area contributed by atoms with Crippen molar-refractivity contribution in [2.45, 2.75) is 19.6 Å². The maximum absolute atomic E-state index is 12.5. The molecule has 29 heteroatoms. The molecule has 0 spiro atoms. The van der Waals surface area contributed by atoms with E-state index in [0.717, 1.165) is 30.3 Å². The molecule has 0 bridgehead atoms. The lowest BCUT2D eigenvalue weighted by Crippen LogP contribution is -2.03. The van der Waals surface area contributed by atoms with Gasteiger partial charge in [-0.3, -0.25) is 10.1 Å². The SMILES string of the molecule is Nc1ccc2c(O)c(N=Nc3ccc(-c4ccc(N=Nc5c(S(=O)(=O)[O-])cc6cc(S(=O)(=O)[O-])cc(N)c6c5O)cc4)cc3)c(S(=O)(=O)[O-])cc2c1N=Nc1ccc([N+](=O)[O-])cc1S(=O)(=O)[O-]. The molecule has 0 aliphatic rings. The minimum absolute atomic E-state index is 0.0905. The summed E-state index contributed by atoms with van der Waals surface area (Å²) < 4.78 is 144. The molecule has 0 aromatic heterocycles. The lowest BCUT2D eigenvalue weighted by atomic mass is 10.1. The number of anilines is 2. The first-order valence-corrected chi connectivity index (χ1v) is 23.6. The van der Waals surface area contributed by atoms with E-state index in [1.165, 1.54) is 36.4 Å². The molecule has 0 heterocycles. The van der Waals surface area contributed by atoms with Crippen LogP contribution in [0.3, 0.4) is 0 Å². The second-order valence-corrected chi connectivity index (χ2v) is 19.2. The summed E-state index contributed by atoms with van der Waals surface area (Å²) in [7, 11) is -21.2. The highest BCUT2D eigenvalue weighted by atomic mass is 32.2. The van der Waals surface area contributed by atoms with Crippen LogP contribution in [0.5, 0.6) is 11.5 Å². The van der Waals surface area contributed by atoms with E-state index in [1.807, 2.05) is 0 Å². The van der Waals surface area contributed by atoms with Crippen LogP contribution in [0.15, 0.2) is 153 Å². The van der Waals surface area contributed by atoms with Crippen molar-refractivity contribution in [2.24, 2.45) is 30.7 Å². The van der Waals surface area contributed by atoms with Gasteiger partial charge in [0.1, 0.15) is 63.2 Å². The molecule has 7 aromatic carbocycles. The second kappa shape index (κ2) is 17.1. The average Bonchev–Trinajstić information content (AvgIpc) is 3.24. The van der Waals surface area contributed by atoms with Crippen LogP contribution in [0, 0.1) is 10.1 Å². The maximum Gasteiger partial charge on any atom is 0.270 e. The van der Waals surface area contributed by atoms with Gasteiger partial charge in [0, 0.05) is 34.0 Å². The molecule has 7 rings (SSSR count). The van der Waals surface area contributed by atoms with E-state index < -0.39 is 111 Å². The summed E-state index contributed by atoms with van der Waals surface area (Å²) in [5, 5.41) is 55.1. The van der Waals surface area contributed by atoms with Gasteiger partial charge < -0.3 is 39.9 Å². The molecule has 344 valence electrons. The van der Waals surface area contributed by atoms with Crippen molar-refractivity contribution in [3.05, 3.63) is 113 Å². The third kappa shape index (κ3) is 9.73. The Morgan fingerprint density at radius 3 is 1.49 bits per heavy atom. The summed E-state index contributed by atoms with van der Waals surface area (Å²) in [4.78, 5) is 6.07. The van der Waals surface area contributed by atoms with Crippen molar-refractivity contribution in [1.29, 1.82) is 0 Å². The molecule has 67 heavy (non-hydrogen) atoms. The number of phenolic OH excluding ortho intramolecular Hbond substituents is 2. The van der Waals surface area contributed by atoms with E-state index in [9.17, 15) is 72.2 Å². The minimum atomic E-state index is -5.44. The summed E-state index contributed by atoms with van der Waals surface area (Å²) >= 11 is 0. The molecule has 25 nitrogen and oxygen atoms in total. The molecule has 0 atom stereocenters. The van der Waals surface area contributed by atoms with Crippen molar-refractivity contribution in [3.8, 4) is 22.6 Å². The first-order chi connectivity index (χ1) is 31.2. The Morgan fingerprint density at radius 1 is 0.478 bits per heavy atom. The number of hydrogen-bond donors (Lipinski definition) is 4. The molecular weight excluding hydrogens is 967 g/mol. The predicted octanol–water partition coefficient (Wildman–Crippen LogP) is 7.01. The number of aromatic hydroxyl groups is 2. The van der Waals surface area contributed by atoms with Crippen LogP contribution in [-0.4, -0.2) is 67.0 Å². The van der Waals surface area contributed by atoms with Gasteiger partial charge in [-0.25, -0.2) is 33.7 Å². The van der Waals surface area contributed by atoms with Crippen LogP contribution in [0.25, 0.3) is 32.7 Å². The Morgan fingerprint density at radius 2 is 0.985 bits per heavy atom. The van der Waals surface area contributed by atoms with Gasteiger partial charge in [-0.15, -0.1) is 20.5 Å². The Hall–Kier alpha value is -7.90. The number of nitrogen functional groups attached to an aromatic ring is 2.